The summed E-state index contributed by atoms with van der Waals surface area (Å²) in [4.78, 5) is 9.88. The second-order valence-corrected chi connectivity index (χ2v) is 11.9. The van der Waals surface area contributed by atoms with E-state index in [0.717, 1.165) is 28.7 Å². The Balaban J connectivity index is 1.61. The third-order valence-electron chi connectivity index (χ3n) is 6.48. The van der Waals surface area contributed by atoms with Crippen LogP contribution in [-0.2, 0) is 16.4 Å². The normalized spacial score (nSPS) is 13.7. The number of aromatic amines is 1. The number of aromatic hydroxyl groups is 1. The van der Waals surface area contributed by atoms with E-state index in [1.54, 1.807) is 36.4 Å². The van der Waals surface area contributed by atoms with Crippen LogP contribution in [0.4, 0.5) is 11.4 Å². The molecule has 0 bridgehead atoms. The molecule has 0 atom stereocenters. The fourth-order valence-corrected chi connectivity index (χ4v) is 5.66. The van der Waals surface area contributed by atoms with Crippen LogP contribution in [0.2, 0.25) is 5.02 Å². The molecule has 4 aromatic rings. The summed E-state index contributed by atoms with van der Waals surface area (Å²) in [5.41, 5.74) is 4.86. The van der Waals surface area contributed by atoms with Crippen LogP contribution in [0.5, 0.6) is 11.6 Å². The number of H-pyrrole nitrogens is 1. The van der Waals surface area contributed by atoms with Gasteiger partial charge in [-0.05, 0) is 62.1 Å². The number of likely N-dealkylation sites (N-methyl/N-ethyl adjacent to an activating group) is 1. The number of nitrogens with zero attached hydrogens (tertiary/aromatic N) is 3. The van der Waals surface area contributed by atoms with Crippen LogP contribution in [0.1, 0.15) is 16.7 Å². The van der Waals surface area contributed by atoms with Crippen molar-refractivity contribution < 1.29 is 18.3 Å². The third kappa shape index (κ3) is 5.36. The van der Waals surface area contributed by atoms with Crippen molar-refractivity contribution in [2.24, 2.45) is 4.99 Å². The molecule has 198 valence electrons. The van der Waals surface area contributed by atoms with E-state index in [1.807, 2.05) is 43.3 Å². The minimum Gasteiger partial charge on any atom is -0.494 e. The molecule has 0 fully saturated rings. The van der Waals surface area contributed by atoms with Gasteiger partial charge in [-0.1, -0.05) is 29.8 Å². The van der Waals surface area contributed by atoms with Crippen LogP contribution in [0.3, 0.4) is 0 Å². The molecular formula is C28H29ClN4O4S. The second kappa shape index (κ2) is 10.3. The van der Waals surface area contributed by atoms with Gasteiger partial charge in [-0.15, -0.1) is 0 Å². The number of halogens is 1. The average Bonchev–Trinajstić information content (AvgIpc) is 3.45. The highest BCUT2D eigenvalue weighted by Gasteiger charge is 2.22. The van der Waals surface area contributed by atoms with Crippen LogP contribution in [0.15, 0.2) is 65.7 Å². The van der Waals surface area contributed by atoms with Gasteiger partial charge in [-0.3, -0.25) is 4.31 Å². The maximum absolute atomic E-state index is 12.5. The Hall–Kier alpha value is -3.53. The highest BCUT2D eigenvalue weighted by molar-refractivity contribution is 7.92. The standard InChI is InChI=1S/C28H29ClN4O4S/c1-32(2)13-14-33(38(3,35)36)22-9-7-21(8-10-22)30-27(19-5-4-18-12-15-37-25(18)16-19)26-23-11-6-20(29)17-24(23)31-28(26)34/h4-11,16-17,31,34H,12-15H2,1-3H3. The predicted octanol–water partition coefficient (Wildman–Crippen LogP) is 4.96. The van der Waals surface area contributed by atoms with Crippen LogP contribution >= 0.6 is 11.6 Å². The summed E-state index contributed by atoms with van der Waals surface area (Å²) < 4.78 is 32.1. The van der Waals surface area contributed by atoms with Gasteiger partial charge in [0, 0.05) is 35.5 Å². The molecule has 0 aliphatic carbocycles. The van der Waals surface area contributed by atoms with Crippen molar-refractivity contribution in [2.75, 3.05) is 44.4 Å². The first-order valence-electron chi connectivity index (χ1n) is 12.2. The summed E-state index contributed by atoms with van der Waals surface area (Å²) in [5, 5.41) is 12.3. The number of aromatic nitrogens is 1. The van der Waals surface area contributed by atoms with E-state index in [1.165, 1.54) is 10.6 Å². The van der Waals surface area contributed by atoms with Crippen molar-refractivity contribution in [1.29, 1.82) is 0 Å². The van der Waals surface area contributed by atoms with Crippen molar-refractivity contribution >= 4 is 49.6 Å². The molecule has 0 saturated carbocycles. The molecule has 1 aliphatic heterocycles. The van der Waals surface area contributed by atoms with Crippen molar-refractivity contribution in [1.82, 2.24) is 9.88 Å². The Bertz CT molecular complexity index is 1630. The first-order valence-corrected chi connectivity index (χ1v) is 14.4. The summed E-state index contributed by atoms with van der Waals surface area (Å²) in [5.74, 6) is 0.781. The molecule has 0 radical (unpaired) electrons. The number of benzene rings is 3. The summed E-state index contributed by atoms with van der Waals surface area (Å²) in [6.07, 6.45) is 2.06. The largest absolute Gasteiger partial charge is 0.494 e. The summed E-state index contributed by atoms with van der Waals surface area (Å²) in [7, 11) is 0.343. The molecule has 0 unspecified atom stereocenters. The number of hydrogen-bond donors (Lipinski definition) is 2. The van der Waals surface area contributed by atoms with E-state index in [2.05, 4.69) is 4.98 Å². The van der Waals surface area contributed by atoms with Crippen LogP contribution in [0.25, 0.3) is 10.9 Å². The van der Waals surface area contributed by atoms with E-state index in [-0.39, 0.29) is 5.88 Å². The summed E-state index contributed by atoms with van der Waals surface area (Å²) in [6, 6.07) is 18.3. The van der Waals surface area contributed by atoms with Crippen molar-refractivity contribution in [3.63, 3.8) is 0 Å². The maximum atomic E-state index is 12.5. The predicted molar refractivity (Wildman–Crippen MR) is 153 cm³/mol. The smallest absolute Gasteiger partial charge is 0.232 e. The van der Waals surface area contributed by atoms with Crippen molar-refractivity contribution in [3.8, 4) is 11.6 Å². The zero-order chi connectivity index (χ0) is 27.0. The minimum absolute atomic E-state index is 0.0222. The molecule has 0 spiro atoms. The number of sulfonamides is 1. The Morgan fingerprint density at radius 2 is 1.84 bits per heavy atom. The molecule has 38 heavy (non-hydrogen) atoms. The van der Waals surface area contributed by atoms with Gasteiger partial charge in [0.1, 0.15) is 5.75 Å². The van der Waals surface area contributed by atoms with E-state index >= 15 is 0 Å². The first-order chi connectivity index (χ1) is 18.1. The van der Waals surface area contributed by atoms with Gasteiger partial charge in [0.2, 0.25) is 10.0 Å². The zero-order valence-electron chi connectivity index (χ0n) is 21.4. The molecule has 2 heterocycles. The molecule has 10 heteroatoms. The number of fused-ring (bicyclic) bond motifs is 2. The van der Waals surface area contributed by atoms with E-state index in [9.17, 15) is 13.5 Å². The topological polar surface area (TPSA) is 98.2 Å². The minimum atomic E-state index is -3.46. The van der Waals surface area contributed by atoms with Gasteiger partial charge in [0.05, 0.1) is 41.0 Å². The highest BCUT2D eigenvalue weighted by atomic mass is 35.5. The van der Waals surface area contributed by atoms with Gasteiger partial charge in [-0.2, -0.15) is 0 Å². The molecule has 5 rings (SSSR count). The quantitative estimate of drug-likeness (QED) is 0.301. The highest BCUT2D eigenvalue weighted by Crippen LogP contribution is 2.35. The maximum Gasteiger partial charge on any atom is 0.232 e. The van der Waals surface area contributed by atoms with E-state index in [0.29, 0.717) is 52.9 Å². The zero-order valence-corrected chi connectivity index (χ0v) is 23.0. The average molecular weight is 553 g/mol. The van der Waals surface area contributed by atoms with Crippen LogP contribution in [0, 0.1) is 0 Å². The number of rotatable bonds is 8. The van der Waals surface area contributed by atoms with Gasteiger partial charge in [-0.25, -0.2) is 13.4 Å². The van der Waals surface area contributed by atoms with E-state index in [4.69, 9.17) is 21.3 Å². The number of hydrogen-bond acceptors (Lipinski definition) is 6. The Labute approximate surface area is 227 Å². The molecule has 0 saturated heterocycles. The fraction of sp³-hybridized carbons (Fsp3) is 0.250. The SMILES string of the molecule is CN(C)CCN(c1ccc(N=C(c2ccc3c(c2)OCC3)c2c(O)[nH]c3cc(Cl)ccc23)cc1)S(C)(=O)=O. The number of nitrogens with one attached hydrogen (secondary N) is 1. The monoisotopic (exact) mass is 552 g/mol. The van der Waals surface area contributed by atoms with Crippen LogP contribution in [-0.4, -0.2) is 69.2 Å². The Morgan fingerprint density at radius 3 is 2.55 bits per heavy atom. The second-order valence-electron chi connectivity index (χ2n) is 9.57. The van der Waals surface area contributed by atoms with E-state index < -0.39 is 10.0 Å². The molecule has 3 aromatic carbocycles. The summed E-state index contributed by atoms with van der Waals surface area (Å²) in [6.45, 7) is 1.55. The Kier molecular flexibility index (Phi) is 7.09. The lowest BCUT2D eigenvalue weighted by atomic mass is 9.99. The van der Waals surface area contributed by atoms with Gasteiger partial charge < -0.3 is 19.7 Å². The molecule has 2 N–H and O–H groups in total. The first kappa shape index (κ1) is 26.1. The lowest BCUT2D eigenvalue weighted by Gasteiger charge is -2.24. The van der Waals surface area contributed by atoms with Gasteiger partial charge in [0.15, 0.2) is 5.88 Å². The molecule has 1 aliphatic rings. The summed E-state index contributed by atoms with van der Waals surface area (Å²) >= 11 is 6.18. The van der Waals surface area contributed by atoms with Crippen molar-refractivity contribution in [3.05, 3.63) is 82.4 Å². The van der Waals surface area contributed by atoms with Gasteiger partial charge >= 0.3 is 0 Å². The molecule has 0 amide bonds. The lowest BCUT2D eigenvalue weighted by molar-refractivity contribution is 0.357. The van der Waals surface area contributed by atoms with Crippen LogP contribution < -0.4 is 9.04 Å². The fourth-order valence-electron chi connectivity index (χ4n) is 4.57. The lowest BCUT2D eigenvalue weighted by Crippen LogP contribution is -2.35. The Morgan fingerprint density at radius 1 is 1.08 bits per heavy atom. The molecular weight excluding hydrogens is 524 g/mol. The third-order valence-corrected chi connectivity index (χ3v) is 7.91. The van der Waals surface area contributed by atoms with Crippen molar-refractivity contribution in [2.45, 2.75) is 6.42 Å². The number of ether oxygens (including phenoxy) is 1. The molecule has 1 aromatic heterocycles. The number of anilines is 1. The molecule has 8 nitrogen and oxygen atoms in total. The van der Waals surface area contributed by atoms with Gasteiger partial charge in [0.25, 0.3) is 0 Å². The number of aliphatic imine (C=N–C) groups is 1.